The van der Waals surface area contributed by atoms with E-state index in [2.05, 4.69) is 65.7 Å². The molecule has 0 aliphatic rings. The molecular weight excluding hydrogens is 280 g/mol. The van der Waals surface area contributed by atoms with Gasteiger partial charge in [0.1, 0.15) is 35.6 Å². The van der Waals surface area contributed by atoms with Crippen molar-refractivity contribution >= 4 is 53.9 Å². The van der Waals surface area contributed by atoms with Crippen molar-refractivity contribution in [2.75, 3.05) is 0 Å². The van der Waals surface area contributed by atoms with Crippen LogP contribution in [0.4, 0.5) is 14.4 Å². The lowest BCUT2D eigenvalue weighted by molar-refractivity contribution is 0.214. The predicted octanol–water partition coefficient (Wildman–Crippen LogP) is 0.707. The van der Waals surface area contributed by atoms with Crippen molar-refractivity contribution in [2.24, 2.45) is 17.2 Å². The summed E-state index contributed by atoms with van der Waals surface area (Å²) >= 11 is 13.1. The number of carbonyl (C=O) groups excluding carboxylic acids is 3. The molecule has 15 heavy (non-hydrogen) atoms. The van der Waals surface area contributed by atoms with Gasteiger partial charge in [0.25, 0.3) is 0 Å². The molecule has 0 bridgehead atoms. The molecule has 0 aromatic rings. The molecule has 0 rings (SSSR count). The summed E-state index contributed by atoms with van der Waals surface area (Å²) in [5.41, 5.74) is 12.9. The molecule has 0 atom stereocenters. The Morgan fingerprint density at radius 3 is 0.733 bits per heavy atom. The first-order valence-corrected chi connectivity index (χ1v) is 3.48. The highest BCUT2D eigenvalue weighted by atomic mass is 35.5. The largest absolute Gasteiger partial charge is 0.422 e. The van der Waals surface area contributed by atoms with Crippen LogP contribution in [-0.2, 0) is 12.9 Å². The summed E-state index contributed by atoms with van der Waals surface area (Å²) in [6.07, 6.45) is -2.94. The third-order valence-corrected chi connectivity index (χ3v) is 0.684. The van der Waals surface area contributed by atoms with Gasteiger partial charge in [-0.05, 0) is 0 Å². The van der Waals surface area contributed by atoms with Gasteiger partial charge in [0.05, 0.1) is 0 Å². The molecule has 9 nitrogen and oxygen atoms in total. The number of primary amides is 3. The van der Waals surface area contributed by atoms with E-state index in [1.807, 2.05) is 0 Å². The molecule has 3 amide bonds. The Morgan fingerprint density at radius 1 is 0.667 bits per heavy atom. The summed E-state index contributed by atoms with van der Waals surface area (Å²) in [5.74, 6) is 0. The molecule has 0 aromatic carbocycles. The van der Waals surface area contributed by atoms with Gasteiger partial charge in [-0.3, -0.25) is 0 Å². The van der Waals surface area contributed by atoms with Crippen LogP contribution in [0.5, 0.6) is 0 Å². The van der Waals surface area contributed by atoms with Crippen LogP contribution in [-0.4, -0.2) is 18.3 Å². The van der Waals surface area contributed by atoms with Crippen molar-refractivity contribution in [3.05, 3.63) is 0 Å². The van der Waals surface area contributed by atoms with Crippen LogP contribution >= 0.6 is 35.6 Å². The van der Waals surface area contributed by atoms with Gasteiger partial charge in [0.2, 0.25) is 0 Å². The number of amides is 3. The van der Waals surface area contributed by atoms with Crippen molar-refractivity contribution in [3.63, 3.8) is 0 Å². The summed E-state index contributed by atoms with van der Waals surface area (Å²) in [6, 6.07) is 0. The average Bonchev–Trinajstić information content (AvgIpc) is 2.19. The van der Waals surface area contributed by atoms with Crippen LogP contribution in [0.15, 0.2) is 0 Å². The number of carbonyl (C=O) groups is 3. The monoisotopic (exact) mass is 285 g/mol. The van der Waals surface area contributed by atoms with E-state index in [4.69, 9.17) is 0 Å². The number of hydrogen-bond donors (Lipinski definition) is 3. The zero-order valence-corrected chi connectivity index (χ0v) is 9.08. The molecule has 0 saturated heterocycles. The zero-order valence-electron chi connectivity index (χ0n) is 6.82. The van der Waals surface area contributed by atoms with Crippen molar-refractivity contribution in [3.8, 4) is 0 Å². The third-order valence-electron chi connectivity index (χ3n) is 0.228. The van der Waals surface area contributed by atoms with E-state index in [1.54, 1.807) is 0 Å². The van der Waals surface area contributed by atoms with Crippen LogP contribution in [0.2, 0.25) is 0 Å². The highest BCUT2D eigenvalue weighted by Crippen LogP contribution is 1.73. The Kier molecular flexibility index (Phi) is 19.5. The summed E-state index contributed by atoms with van der Waals surface area (Å²) < 4.78 is 10.1. The van der Waals surface area contributed by atoms with Crippen LogP contribution in [0.25, 0.3) is 0 Å². The second-order valence-corrected chi connectivity index (χ2v) is 1.65. The maximum Gasteiger partial charge on any atom is 0.422 e. The summed E-state index contributed by atoms with van der Waals surface area (Å²) in [5, 5.41) is 0. The molecule has 0 unspecified atom stereocenters. The summed E-state index contributed by atoms with van der Waals surface area (Å²) in [6.45, 7) is 0. The first-order chi connectivity index (χ1) is 6.81. The van der Waals surface area contributed by atoms with Crippen molar-refractivity contribution in [1.82, 2.24) is 0 Å². The lowest BCUT2D eigenvalue weighted by Gasteiger charge is -1.74. The van der Waals surface area contributed by atoms with E-state index in [9.17, 15) is 14.4 Å². The standard InChI is InChI=1S/3CH2ClNO2/c3*2-5-1(3)4/h3*(H2,3,4). The topological polar surface area (TPSA) is 157 Å². The predicted molar refractivity (Wildman–Crippen MR) is 49.6 cm³/mol. The molecule has 0 aliphatic carbocycles. The van der Waals surface area contributed by atoms with Gasteiger partial charge in [-0.2, -0.15) is 0 Å². The Hall–Kier alpha value is -1.32. The van der Waals surface area contributed by atoms with Crippen molar-refractivity contribution < 1.29 is 27.3 Å². The van der Waals surface area contributed by atoms with Gasteiger partial charge in [0.15, 0.2) is 0 Å². The fraction of sp³-hybridized carbons (Fsp3) is 0. The second kappa shape index (κ2) is 15.2. The Balaban J connectivity index is -0.000000144. The van der Waals surface area contributed by atoms with Gasteiger partial charge in [-0.1, -0.05) is 0 Å². The molecule has 90 valence electrons. The normalized spacial score (nSPS) is 6.60. The number of nitrogens with two attached hydrogens (primary N) is 3. The zero-order chi connectivity index (χ0) is 12.9. The average molecular weight is 286 g/mol. The Bertz CT molecular complexity index is 168. The SMILES string of the molecule is NC(=O)OCl.NC(=O)OCl.NC(=O)OCl. The summed E-state index contributed by atoms with van der Waals surface area (Å²) in [4.78, 5) is 27.7. The highest BCUT2D eigenvalue weighted by Gasteiger charge is 1.81. The van der Waals surface area contributed by atoms with Crippen LogP contribution < -0.4 is 17.2 Å². The quantitative estimate of drug-likeness (QED) is 0.595. The lowest BCUT2D eigenvalue weighted by atomic mass is 11.3. The number of halogens is 3. The number of rotatable bonds is 0. The molecule has 0 aromatic heterocycles. The molecule has 0 saturated carbocycles. The Labute approximate surface area is 98.8 Å². The van der Waals surface area contributed by atoms with E-state index >= 15 is 0 Å². The lowest BCUT2D eigenvalue weighted by Crippen LogP contribution is -2.06. The molecule has 0 aliphatic heterocycles. The molecule has 12 heteroatoms. The van der Waals surface area contributed by atoms with Gasteiger partial charge >= 0.3 is 18.3 Å². The van der Waals surface area contributed by atoms with Crippen LogP contribution in [0.3, 0.4) is 0 Å². The molecule has 0 fully saturated rings. The second-order valence-electron chi connectivity index (χ2n) is 1.19. The maximum absolute atomic E-state index is 9.24. The van der Waals surface area contributed by atoms with E-state index < -0.39 is 18.3 Å². The van der Waals surface area contributed by atoms with E-state index in [0.29, 0.717) is 0 Å². The molecule has 0 heterocycles. The van der Waals surface area contributed by atoms with Gasteiger partial charge in [-0.15, -0.1) is 0 Å². The highest BCUT2D eigenvalue weighted by molar-refractivity contribution is 6.13. The molecular formula is C3H6Cl3N3O6. The minimum Gasteiger partial charge on any atom is -0.334 e. The molecule has 6 N–H and O–H groups in total. The fourth-order valence-corrected chi connectivity index (χ4v) is 0. The van der Waals surface area contributed by atoms with Crippen LogP contribution in [0.1, 0.15) is 0 Å². The molecule has 0 spiro atoms. The first kappa shape index (κ1) is 19.3. The van der Waals surface area contributed by atoms with Gasteiger partial charge < -0.3 is 30.1 Å². The van der Waals surface area contributed by atoms with Crippen molar-refractivity contribution in [1.29, 1.82) is 0 Å². The van der Waals surface area contributed by atoms with E-state index in [-0.39, 0.29) is 0 Å². The van der Waals surface area contributed by atoms with Crippen molar-refractivity contribution in [2.45, 2.75) is 0 Å². The van der Waals surface area contributed by atoms with Gasteiger partial charge in [-0.25, -0.2) is 14.4 Å². The molecule has 0 radical (unpaired) electrons. The fourth-order valence-electron chi connectivity index (χ4n) is 0. The first-order valence-electron chi connectivity index (χ1n) is 2.55. The summed E-state index contributed by atoms with van der Waals surface area (Å²) in [7, 11) is 0. The number of hydrogen-bond acceptors (Lipinski definition) is 6. The third kappa shape index (κ3) is 66.0. The smallest absolute Gasteiger partial charge is 0.334 e. The maximum atomic E-state index is 9.24. The Morgan fingerprint density at radius 2 is 0.733 bits per heavy atom. The van der Waals surface area contributed by atoms with Gasteiger partial charge in [0, 0.05) is 0 Å². The van der Waals surface area contributed by atoms with E-state index in [0.717, 1.165) is 0 Å². The minimum atomic E-state index is -0.980. The van der Waals surface area contributed by atoms with Crippen LogP contribution in [0, 0.1) is 0 Å². The minimum absolute atomic E-state index is 0.980. The van der Waals surface area contributed by atoms with E-state index in [1.165, 1.54) is 0 Å².